The van der Waals surface area contributed by atoms with Crippen LogP contribution in [0.5, 0.6) is 5.75 Å². The van der Waals surface area contributed by atoms with Crippen LogP contribution >= 0.6 is 0 Å². The van der Waals surface area contributed by atoms with Crippen LogP contribution in [0.3, 0.4) is 0 Å². The Labute approximate surface area is 125 Å². The van der Waals surface area contributed by atoms with Crippen molar-refractivity contribution < 1.29 is 9.50 Å². The number of aromatic hydroxyl groups is 1. The normalized spacial score (nSPS) is 12.1. The minimum absolute atomic E-state index is 0.202. The molecule has 2 nitrogen and oxygen atoms in total. The van der Waals surface area contributed by atoms with Gasteiger partial charge in [-0.1, -0.05) is 12.1 Å². The average Bonchev–Trinajstić information content (AvgIpc) is 2.49. The molecule has 1 unspecified atom stereocenters. The molecule has 1 atom stereocenters. The van der Waals surface area contributed by atoms with Crippen molar-refractivity contribution in [2.75, 3.05) is 11.4 Å². The Morgan fingerprint density at radius 2 is 1.67 bits per heavy atom. The first-order valence-electron chi connectivity index (χ1n) is 7.40. The summed E-state index contributed by atoms with van der Waals surface area (Å²) in [5.74, 6) is 0.0971. The number of aryl methyl sites for hydroxylation is 1. The van der Waals surface area contributed by atoms with E-state index in [-0.39, 0.29) is 5.82 Å². The Kier molecular flexibility index (Phi) is 5.20. The molecular weight excluding hydrogens is 265 g/mol. The van der Waals surface area contributed by atoms with Gasteiger partial charge in [0.05, 0.1) is 0 Å². The first-order chi connectivity index (χ1) is 10.1. The summed E-state index contributed by atoms with van der Waals surface area (Å²) >= 11 is 0. The van der Waals surface area contributed by atoms with Gasteiger partial charge >= 0.3 is 0 Å². The molecule has 2 aromatic carbocycles. The predicted molar refractivity (Wildman–Crippen MR) is 85.3 cm³/mol. The van der Waals surface area contributed by atoms with E-state index >= 15 is 0 Å². The Balaban J connectivity index is 1.98. The van der Waals surface area contributed by atoms with E-state index in [1.807, 2.05) is 24.3 Å². The van der Waals surface area contributed by atoms with Gasteiger partial charge in [-0.3, -0.25) is 0 Å². The lowest BCUT2D eigenvalue weighted by Gasteiger charge is -2.30. The van der Waals surface area contributed by atoms with Gasteiger partial charge in [0.1, 0.15) is 11.6 Å². The minimum atomic E-state index is -0.202. The molecule has 0 saturated carbocycles. The molecule has 0 aliphatic heterocycles. The van der Waals surface area contributed by atoms with E-state index in [1.165, 1.54) is 17.7 Å². The van der Waals surface area contributed by atoms with Crippen LogP contribution < -0.4 is 4.90 Å². The zero-order chi connectivity index (χ0) is 15.2. The van der Waals surface area contributed by atoms with Crippen LogP contribution in [-0.2, 0) is 6.42 Å². The second-order valence-electron chi connectivity index (χ2n) is 5.32. The average molecular weight is 287 g/mol. The number of rotatable bonds is 6. The first kappa shape index (κ1) is 15.4. The standard InChI is InChI=1S/C18H22FNO/c1-3-20(17-10-8-16(19)9-11-17)14(2)4-5-15-6-12-18(21)13-7-15/h6-14,21H,3-5H2,1-2H3. The van der Waals surface area contributed by atoms with Crippen LogP contribution in [0.25, 0.3) is 0 Å². The number of halogens is 1. The summed E-state index contributed by atoms with van der Waals surface area (Å²) in [5.41, 5.74) is 2.27. The number of benzene rings is 2. The highest BCUT2D eigenvalue weighted by molar-refractivity contribution is 5.47. The van der Waals surface area contributed by atoms with Gasteiger partial charge in [0.2, 0.25) is 0 Å². The summed E-state index contributed by atoms with van der Waals surface area (Å²) in [5, 5.41) is 9.29. The summed E-state index contributed by atoms with van der Waals surface area (Å²) in [4.78, 5) is 2.28. The monoisotopic (exact) mass is 287 g/mol. The lowest BCUT2D eigenvalue weighted by Crippen LogP contribution is -2.33. The predicted octanol–water partition coefficient (Wildman–Crippen LogP) is 4.38. The second kappa shape index (κ2) is 7.11. The number of anilines is 1. The van der Waals surface area contributed by atoms with Crippen LogP contribution in [0, 0.1) is 5.82 Å². The molecule has 0 spiro atoms. The number of phenolic OH excluding ortho intramolecular Hbond substituents is 1. The highest BCUT2D eigenvalue weighted by atomic mass is 19.1. The largest absolute Gasteiger partial charge is 0.508 e. The molecule has 0 amide bonds. The van der Waals surface area contributed by atoms with E-state index in [4.69, 9.17) is 0 Å². The third-order valence-electron chi connectivity index (χ3n) is 3.82. The van der Waals surface area contributed by atoms with Crippen molar-refractivity contribution >= 4 is 5.69 Å². The zero-order valence-corrected chi connectivity index (χ0v) is 12.6. The quantitative estimate of drug-likeness (QED) is 0.852. The van der Waals surface area contributed by atoms with Crippen molar-refractivity contribution in [1.29, 1.82) is 0 Å². The molecule has 0 aliphatic rings. The Hall–Kier alpha value is -2.03. The molecule has 1 N–H and O–H groups in total. The summed E-state index contributed by atoms with van der Waals surface area (Å²) in [6, 6.07) is 14.4. The van der Waals surface area contributed by atoms with Crippen LogP contribution in [0.2, 0.25) is 0 Å². The summed E-state index contributed by atoms with van der Waals surface area (Å²) in [7, 11) is 0. The lowest BCUT2D eigenvalue weighted by atomic mass is 10.0. The van der Waals surface area contributed by atoms with Gasteiger partial charge < -0.3 is 10.0 Å². The molecular formula is C18H22FNO. The second-order valence-corrected chi connectivity index (χ2v) is 5.32. The van der Waals surface area contributed by atoms with E-state index < -0.39 is 0 Å². The number of hydrogen-bond donors (Lipinski definition) is 1. The van der Waals surface area contributed by atoms with Gasteiger partial charge in [0, 0.05) is 18.3 Å². The Morgan fingerprint density at radius 1 is 1.05 bits per heavy atom. The van der Waals surface area contributed by atoms with Gasteiger partial charge in [0.15, 0.2) is 0 Å². The van der Waals surface area contributed by atoms with Gasteiger partial charge in [-0.05, 0) is 68.7 Å². The van der Waals surface area contributed by atoms with E-state index in [9.17, 15) is 9.50 Å². The van der Waals surface area contributed by atoms with Crippen molar-refractivity contribution in [2.45, 2.75) is 32.7 Å². The number of nitrogens with zero attached hydrogens (tertiary/aromatic N) is 1. The van der Waals surface area contributed by atoms with Crippen LogP contribution in [0.15, 0.2) is 48.5 Å². The van der Waals surface area contributed by atoms with Crippen molar-refractivity contribution in [2.24, 2.45) is 0 Å². The van der Waals surface area contributed by atoms with Crippen molar-refractivity contribution in [3.63, 3.8) is 0 Å². The Morgan fingerprint density at radius 3 is 2.24 bits per heavy atom. The molecule has 0 saturated heterocycles. The van der Waals surface area contributed by atoms with E-state index in [0.717, 1.165) is 25.1 Å². The molecule has 0 fully saturated rings. The van der Waals surface area contributed by atoms with Gasteiger partial charge in [-0.2, -0.15) is 0 Å². The number of hydrogen-bond acceptors (Lipinski definition) is 2. The molecule has 3 heteroatoms. The number of phenols is 1. The van der Waals surface area contributed by atoms with Crippen LogP contribution in [0.4, 0.5) is 10.1 Å². The highest BCUT2D eigenvalue weighted by Crippen LogP contribution is 2.20. The fourth-order valence-electron chi connectivity index (χ4n) is 2.58. The fourth-order valence-corrected chi connectivity index (χ4v) is 2.58. The molecule has 2 rings (SSSR count). The van der Waals surface area contributed by atoms with Crippen molar-refractivity contribution in [1.82, 2.24) is 0 Å². The fraction of sp³-hybridized carbons (Fsp3) is 0.333. The van der Waals surface area contributed by atoms with Crippen molar-refractivity contribution in [3.8, 4) is 5.75 Å². The SMILES string of the molecule is CCN(c1ccc(F)cc1)C(C)CCc1ccc(O)cc1. The third-order valence-corrected chi connectivity index (χ3v) is 3.82. The smallest absolute Gasteiger partial charge is 0.123 e. The van der Waals surface area contributed by atoms with Crippen LogP contribution in [0.1, 0.15) is 25.8 Å². The Bertz CT molecular complexity index is 550. The molecule has 0 bridgehead atoms. The molecule has 0 aromatic heterocycles. The molecule has 0 radical (unpaired) electrons. The van der Waals surface area contributed by atoms with E-state index in [2.05, 4.69) is 18.7 Å². The molecule has 112 valence electrons. The van der Waals surface area contributed by atoms with Crippen molar-refractivity contribution in [3.05, 3.63) is 59.9 Å². The maximum Gasteiger partial charge on any atom is 0.123 e. The van der Waals surface area contributed by atoms with E-state index in [1.54, 1.807) is 12.1 Å². The zero-order valence-electron chi connectivity index (χ0n) is 12.6. The first-order valence-corrected chi connectivity index (χ1v) is 7.40. The van der Waals surface area contributed by atoms with Gasteiger partial charge in [0.25, 0.3) is 0 Å². The molecule has 0 heterocycles. The third kappa shape index (κ3) is 4.22. The minimum Gasteiger partial charge on any atom is -0.508 e. The van der Waals surface area contributed by atoms with Gasteiger partial charge in [-0.25, -0.2) is 4.39 Å². The molecule has 2 aromatic rings. The lowest BCUT2D eigenvalue weighted by molar-refractivity contribution is 0.475. The molecule has 0 aliphatic carbocycles. The van der Waals surface area contributed by atoms with Crippen LogP contribution in [-0.4, -0.2) is 17.7 Å². The summed E-state index contributed by atoms with van der Waals surface area (Å²) < 4.78 is 13.0. The maximum absolute atomic E-state index is 13.0. The molecule has 21 heavy (non-hydrogen) atoms. The maximum atomic E-state index is 13.0. The van der Waals surface area contributed by atoms with E-state index in [0.29, 0.717) is 11.8 Å². The highest BCUT2D eigenvalue weighted by Gasteiger charge is 2.13. The summed E-state index contributed by atoms with van der Waals surface area (Å²) in [6.07, 6.45) is 1.97. The summed E-state index contributed by atoms with van der Waals surface area (Å²) in [6.45, 7) is 5.19. The van der Waals surface area contributed by atoms with Gasteiger partial charge in [-0.15, -0.1) is 0 Å². The topological polar surface area (TPSA) is 23.5 Å².